The van der Waals surface area contributed by atoms with Gasteiger partial charge < -0.3 is 5.11 Å². The number of rotatable bonds is 1. The van der Waals surface area contributed by atoms with Gasteiger partial charge in [-0.15, -0.1) is 0 Å². The molecular formula is C8H6ClN3O. The third-order valence-electron chi connectivity index (χ3n) is 1.66. The summed E-state index contributed by atoms with van der Waals surface area (Å²) in [6, 6.07) is 4.91. The molecule has 0 radical (unpaired) electrons. The Kier molecular flexibility index (Phi) is 1.90. The Labute approximate surface area is 79.2 Å². The molecule has 2 rings (SSSR count). The topological polar surface area (TPSA) is 61.8 Å². The molecule has 0 aliphatic rings. The number of nitrogens with one attached hydrogen (secondary N) is 1. The average molecular weight is 196 g/mol. The summed E-state index contributed by atoms with van der Waals surface area (Å²) in [6.45, 7) is 0. The van der Waals surface area contributed by atoms with Crippen LogP contribution in [0.3, 0.4) is 0 Å². The minimum Gasteiger partial charge on any atom is -0.507 e. The number of aromatic hydroxyl groups is 1. The van der Waals surface area contributed by atoms with Gasteiger partial charge in [0.15, 0.2) is 0 Å². The molecule has 0 saturated carbocycles. The van der Waals surface area contributed by atoms with E-state index >= 15 is 0 Å². The highest BCUT2D eigenvalue weighted by Crippen LogP contribution is 2.33. The second-order valence-electron chi connectivity index (χ2n) is 2.49. The van der Waals surface area contributed by atoms with Crippen LogP contribution in [0.5, 0.6) is 5.75 Å². The zero-order valence-corrected chi connectivity index (χ0v) is 7.28. The lowest BCUT2D eigenvalue weighted by Crippen LogP contribution is -1.80. The van der Waals surface area contributed by atoms with E-state index in [4.69, 9.17) is 11.6 Å². The highest BCUT2D eigenvalue weighted by atomic mass is 35.5. The molecule has 1 aromatic heterocycles. The van der Waals surface area contributed by atoms with Crippen LogP contribution in [0.25, 0.3) is 11.3 Å². The monoisotopic (exact) mass is 195 g/mol. The van der Waals surface area contributed by atoms with Crippen molar-refractivity contribution in [2.45, 2.75) is 0 Å². The van der Waals surface area contributed by atoms with Crippen molar-refractivity contribution in [2.24, 2.45) is 0 Å². The number of aromatic amines is 1. The fraction of sp³-hybridized carbons (Fsp3) is 0. The molecule has 0 bridgehead atoms. The number of hydrogen-bond acceptors (Lipinski definition) is 3. The highest BCUT2D eigenvalue weighted by molar-refractivity contribution is 6.33. The van der Waals surface area contributed by atoms with Crippen LogP contribution in [-0.4, -0.2) is 20.5 Å². The van der Waals surface area contributed by atoms with Crippen LogP contribution in [0.15, 0.2) is 24.4 Å². The second kappa shape index (κ2) is 3.06. The zero-order valence-electron chi connectivity index (χ0n) is 6.53. The molecule has 0 atom stereocenters. The van der Waals surface area contributed by atoms with Crippen molar-refractivity contribution in [2.75, 3.05) is 0 Å². The van der Waals surface area contributed by atoms with Gasteiger partial charge in [0.2, 0.25) is 0 Å². The molecule has 0 aliphatic heterocycles. The third-order valence-corrected chi connectivity index (χ3v) is 1.98. The van der Waals surface area contributed by atoms with Crippen molar-refractivity contribution in [1.82, 2.24) is 15.4 Å². The van der Waals surface area contributed by atoms with E-state index in [1.807, 2.05) is 0 Å². The lowest BCUT2D eigenvalue weighted by atomic mass is 10.1. The van der Waals surface area contributed by atoms with Gasteiger partial charge in [-0.05, 0) is 12.1 Å². The number of hydrogen-bond donors (Lipinski definition) is 2. The quantitative estimate of drug-likeness (QED) is 0.730. The molecular weight excluding hydrogens is 190 g/mol. The first-order valence-electron chi connectivity index (χ1n) is 3.62. The largest absolute Gasteiger partial charge is 0.507 e. The fourth-order valence-corrected chi connectivity index (χ4v) is 1.35. The molecule has 1 heterocycles. The molecule has 0 amide bonds. The second-order valence-corrected chi connectivity index (χ2v) is 2.90. The minimum absolute atomic E-state index is 0.0985. The van der Waals surface area contributed by atoms with Gasteiger partial charge in [0.25, 0.3) is 0 Å². The molecule has 2 aromatic rings. The van der Waals surface area contributed by atoms with Crippen molar-refractivity contribution in [3.05, 3.63) is 29.4 Å². The smallest absolute Gasteiger partial charge is 0.126 e. The van der Waals surface area contributed by atoms with Gasteiger partial charge in [0, 0.05) is 0 Å². The predicted octanol–water partition coefficient (Wildman–Crippen LogP) is 1.83. The summed E-state index contributed by atoms with van der Waals surface area (Å²) in [5.41, 5.74) is 1.03. The molecule has 4 nitrogen and oxygen atoms in total. The number of aromatic nitrogens is 3. The molecule has 1 aromatic carbocycles. The SMILES string of the molecule is Oc1cccc(Cl)c1-c1cn[nH]n1. The summed E-state index contributed by atoms with van der Waals surface area (Å²) in [5.74, 6) is 0.0985. The van der Waals surface area contributed by atoms with Gasteiger partial charge in [-0.25, -0.2) is 0 Å². The van der Waals surface area contributed by atoms with Crippen molar-refractivity contribution >= 4 is 11.6 Å². The maximum atomic E-state index is 9.50. The standard InChI is InChI=1S/C8H6ClN3O/c9-5-2-1-3-7(13)8(5)6-4-10-12-11-6/h1-4,13H,(H,10,11,12). The van der Waals surface area contributed by atoms with Gasteiger partial charge >= 0.3 is 0 Å². The van der Waals surface area contributed by atoms with Gasteiger partial charge in [-0.1, -0.05) is 17.7 Å². The Morgan fingerprint density at radius 3 is 2.85 bits per heavy atom. The fourth-order valence-electron chi connectivity index (χ4n) is 1.09. The normalized spacial score (nSPS) is 10.2. The Morgan fingerprint density at radius 1 is 1.38 bits per heavy atom. The molecule has 0 aliphatic carbocycles. The van der Waals surface area contributed by atoms with E-state index in [-0.39, 0.29) is 5.75 Å². The van der Waals surface area contributed by atoms with Crippen LogP contribution in [0, 0.1) is 0 Å². The van der Waals surface area contributed by atoms with Crippen LogP contribution in [0.4, 0.5) is 0 Å². The number of phenolic OH excluding ortho intramolecular Hbond substituents is 1. The Bertz CT molecular complexity index is 393. The van der Waals surface area contributed by atoms with Crippen LogP contribution >= 0.6 is 11.6 Å². The van der Waals surface area contributed by atoms with Crippen molar-refractivity contribution < 1.29 is 5.11 Å². The maximum Gasteiger partial charge on any atom is 0.126 e. The summed E-state index contributed by atoms with van der Waals surface area (Å²) in [4.78, 5) is 0. The lowest BCUT2D eigenvalue weighted by molar-refractivity contribution is 0.477. The third kappa shape index (κ3) is 1.36. The number of H-pyrrole nitrogens is 1. The molecule has 66 valence electrons. The number of halogens is 1. The number of phenols is 1. The summed E-state index contributed by atoms with van der Waals surface area (Å²) >= 11 is 5.88. The Morgan fingerprint density at radius 2 is 2.23 bits per heavy atom. The van der Waals surface area contributed by atoms with E-state index < -0.39 is 0 Å². The molecule has 0 unspecified atom stereocenters. The van der Waals surface area contributed by atoms with Gasteiger partial charge in [-0.3, -0.25) is 0 Å². The molecule has 13 heavy (non-hydrogen) atoms. The Hall–Kier alpha value is -1.55. The van der Waals surface area contributed by atoms with Crippen molar-refractivity contribution in [3.8, 4) is 17.0 Å². The number of nitrogens with zero attached hydrogens (tertiary/aromatic N) is 2. The van der Waals surface area contributed by atoms with E-state index in [9.17, 15) is 5.11 Å². The minimum atomic E-state index is 0.0985. The first-order chi connectivity index (χ1) is 6.29. The van der Waals surface area contributed by atoms with Crippen molar-refractivity contribution in [1.29, 1.82) is 0 Å². The van der Waals surface area contributed by atoms with Crippen LogP contribution in [0.2, 0.25) is 5.02 Å². The van der Waals surface area contributed by atoms with E-state index in [1.54, 1.807) is 18.2 Å². The first kappa shape index (κ1) is 8.07. The molecule has 0 saturated heterocycles. The predicted molar refractivity (Wildman–Crippen MR) is 48.5 cm³/mol. The highest BCUT2D eigenvalue weighted by Gasteiger charge is 2.10. The average Bonchev–Trinajstić information content (AvgIpc) is 2.57. The van der Waals surface area contributed by atoms with Crippen LogP contribution in [0.1, 0.15) is 0 Å². The lowest BCUT2D eigenvalue weighted by Gasteiger charge is -2.01. The van der Waals surface area contributed by atoms with Crippen LogP contribution < -0.4 is 0 Å². The zero-order chi connectivity index (χ0) is 9.26. The van der Waals surface area contributed by atoms with E-state index in [0.717, 1.165) is 0 Å². The molecule has 0 fully saturated rings. The van der Waals surface area contributed by atoms with Crippen LogP contribution in [-0.2, 0) is 0 Å². The summed E-state index contributed by atoms with van der Waals surface area (Å²) < 4.78 is 0. The van der Waals surface area contributed by atoms with E-state index in [0.29, 0.717) is 16.3 Å². The van der Waals surface area contributed by atoms with E-state index in [1.165, 1.54) is 6.20 Å². The van der Waals surface area contributed by atoms with E-state index in [2.05, 4.69) is 15.4 Å². The van der Waals surface area contributed by atoms with Gasteiger partial charge in [-0.2, -0.15) is 15.4 Å². The summed E-state index contributed by atoms with van der Waals surface area (Å²) in [7, 11) is 0. The first-order valence-corrected chi connectivity index (χ1v) is 4.00. The summed E-state index contributed by atoms with van der Waals surface area (Å²) in [6.07, 6.45) is 1.50. The van der Waals surface area contributed by atoms with Crippen molar-refractivity contribution in [3.63, 3.8) is 0 Å². The molecule has 0 spiro atoms. The molecule has 2 N–H and O–H groups in total. The maximum absolute atomic E-state index is 9.50. The number of benzene rings is 1. The van der Waals surface area contributed by atoms with Gasteiger partial charge in [0.1, 0.15) is 11.4 Å². The Balaban J connectivity index is 2.64. The summed E-state index contributed by atoms with van der Waals surface area (Å²) in [5, 5.41) is 19.9. The molecule has 5 heteroatoms. The van der Waals surface area contributed by atoms with Gasteiger partial charge in [0.05, 0.1) is 16.8 Å².